The molecule has 0 aliphatic heterocycles. The van der Waals surface area contributed by atoms with Crippen LogP contribution in [0.3, 0.4) is 0 Å². The molecule has 0 saturated carbocycles. The third kappa shape index (κ3) is 3.74. The first-order valence-electron chi connectivity index (χ1n) is 5.82. The van der Waals surface area contributed by atoms with Crippen LogP contribution in [-0.2, 0) is 10.2 Å². The molecule has 100 valence electrons. The molecular weight excluding hydrogens is 232 g/mol. The number of hydrogen-bond donors (Lipinski definition) is 2. The Morgan fingerprint density at radius 2 is 1.67 bits per heavy atom. The maximum absolute atomic E-state index is 10.7. The minimum Gasteiger partial charge on any atom is -0.490 e. The molecule has 0 radical (unpaired) electrons. The van der Waals surface area contributed by atoms with E-state index in [4.69, 9.17) is 9.84 Å². The fourth-order valence-electron chi connectivity index (χ4n) is 1.34. The molecule has 0 spiro atoms. The maximum atomic E-state index is 10.7. The van der Waals surface area contributed by atoms with Crippen molar-refractivity contribution in [2.24, 2.45) is 0 Å². The van der Waals surface area contributed by atoms with Crippen molar-refractivity contribution in [2.45, 2.75) is 38.7 Å². The molecule has 0 bridgehead atoms. The number of carboxylic acids is 1. The van der Waals surface area contributed by atoms with Gasteiger partial charge in [0.15, 0.2) is 5.60 Å². The smallest absolute Gasteiger partial charge is 0.339 e. The lowest BCUT2D eigenvalue weighted by Gasteiger charge is -2.21. The third-order valence-electron chi connectivity index (χ3n) is 2.70. The second-order valence-corrected chi connectivity index (χ2v) is 5.64. The van der Waals surface area contributed by atoms with E-state index in [2.05, 4.69) is 20.8 Å². The normalized spacial score (nSPS) is 14.9. The van der Waals surface area contributed by atoms with Crippen LogP contribution in [0.25, 0.3) is 0 Å². The van der Waals surface area contributed by atoms with Crippen molar-refractivity contribution in [3.05, 3.63) is 29.8 Å². The second-order valence-electron chi connectivity index (χ2n) is 5.64. The maximum Gasteiger partial charge on any atom is 0.339 e. The molecule has 1 atom stereocenters. The molecule has 0 fully saturated rings. The molecule has 4 nitrogen and oxygen atoms in total. The predicted octanol–water partition coefficient (Wildman–Crippen LogP) is 2.20. The van der Waals surface area contributed by atoms with E-state index in [0.717, 1.165) is 0 Å². The molecule has 0 amide bonds. The largest absolute Gasteiger partial charge is 0.490 e. The number of aliphatic hydroxyl groups is 1. The fraction of sp³-hybridized carbons (Fsp3) is 0.500. The minimum absolute atomic E-state index is 0.0606. The Kier molecular flexibility index (Phi) is 4.02. The van der Waals surface area contributed by atoms with Gasteiger partial charge in [0.2, 0.25) is 0 Å². The summed E-state index contributed by atoms with van der Waals surface area (Å²) < 4.78 is 5.27. The average molecular weight is 252 g/mol. The molecule has 18 heavy (non-hydrogen) atoms. The molecule has 2 N–H and O–H groups in total. The van der Waals surface area contributed by atoms with Gasteiger partial charge in [-0.05, 0) is 30.0 Å². The van der Waals surface area contributed by atoms with Crippen molar-refractivity contribution in [1.29, 1.82) is 0 Å². The Labute approximate surface area is 107 Å². The van der Waals surface area contributed by atoms with Gasteiger partial charge in [-0.1, -0.05) is 32.9 Å². The van der Waals surface area contributed by atoms with E-state index in [1.54, 1.807) is 12.1 Å². The number of hydrogen-bond acceptors (Lipinski definition) is 3. The molecular formula is C14H20O4. The first-order chi connectivity index (χ1) is 8.13. The summed E-state index contributed by atoms with van der Waals surface area (Å²) in [5.74, 6) is -0.752. The van der Waals surface area contributed by atoms with Crippen molar-refractivity contribution in [2.75, 3.05) is 6.61 Å². The van der Waals surface area contributed by atoms with Gasteiger partial charge in [0.05, 0.1) is 0 Å². The second kappa shape index (κ2) is 4.98. The summed E-state index contributed by atoms with van der Waals surface area (Å²) in [7, 11) is 0. The van der Waals surface area contributed by atoms with E-state index in [1.807, 2.05) is 12.1 Å². The Morgan fingerprint density at radius 1 is 1.17 bits per heavy atom. The van der Waals surface area contributed by atoms with Gasteiger partial charge in [-0.15, -0.1) is 0 Å². The zero-order valence-corrected chi connectivity index (χ0v) is 11.2. The van der Waals surface area contributed by atoms with Gasteiger partial charge in [-0.25, -0.2) is 4.79 Å². The van der Waals surface area contributed by atoms with Gasteiger partial charge in [0.25, 0.3) is 0 Å². The first kappa shape index (κ1) is 14.5. The third-order valence-corrected chi connectivity index (χ3v) is 2.70. The summed E-state index contributed by atoms with van der Waals surface area (Å²) >= 11 is 0. The highest BCUT2D eigenvalue weighted by molar-refractivity contribution is 5.76. The molecule has 0 saturated heterocycles. The van der Waals surface area contributed by atoms with Gasteiger partial charge in [0.1, 0.15) is 12.4 Å². The van der Waals surface area contributed by atoms with Crippen molar-refractivity contribution in [1.82, 2.24) is 0 Å². The van der Waals surface area contributed by atoms with Crippen LogP contribution in [0.4, 0.5) is 0 Å². The number of ether oxygens (including phenoxy) is 1. The highest BCUT2D eigenvalue weighted by Gasteiger charge is 2.30. The van der Waals surface area contributed by atoms with Crippen molar-refractivity contribution in [3.63, 3.8) is 0 Å². The van der Waals surface area contributed by atoms with Gasteiger partial charge in [-0.3, -0.25) is 0 Å². The lowest BCUT2D eigenvalue weighted by atomic mass is 9.87. The summed E-state index contributed by atoms with van der Waals surface area (Å²) in [6, 6.07) is 7.42. The minimum atomic E-state index is -1.87. The van der Waals surface area contributed by atoms with Crippen molar-refractivity contribution in [3.8, 4) is 5.75 Å². The van der Waals surface area contributed by atoms with Crippen LogP contribution >= 0.6 is 0 Å². The highest BCUT2D eigenvalue weighted by atomic mass is 16.5. The van der Waals surface area contributed by atoms with E-state index < -0.39 is 11.6 Å². The van der Waals surface area contributed by atoms with E-state index in [-0.39, 0.29) is 12.0 Å². The topological polar surface area (TPSA) is 66.8 Å². The Hall–Kier alpha value is -1.55. The van der Waals surface area contributed by atoms with Crippen LogP contribution in [-0.4, -0.2) is 28.4 Å². The molecule has 4 heteroatoms. The number of carboxylic acid groups (broad SMARTS) is 1. The molecule has 0 aliphatic rings. The van der Waals surface area contributed by atoms with Gasteiger partial charge in [0, 0.05) is 0 Å². The highest BCUT2D eigenvalue weighted by Crippen LogP contribution is 2.24. The summed E-state index contributed by atoms with van der Waals surface area (Å²) in [5.41, 5.74) is -0.645. The van der Waals surface area contributed by atoms with Gasteiger partial charge >= 0.3 is 5.97 Å². The number of aliphatic carboxylic acids is 1. The van der Waals surface area contributed by atoms with Crippen LogP contribution in [0.1, 0.15) is 33.3 Å². The molecule has 1 aromatic carbocycles. The summed E-state index contributed by atoms with van der Waals surface area (Å²) in [5, 5.41) is 18.3. The lowest BCUT2D eigenvalue weighted by Crippen LogP contribution is -2.41. The van der Waals surface area contributed by atoms with Crippen LogP contribution in [0.5, 0.6) is 5.75 Å². The van der Waals surface area contributed by atoms with Crippen molar-refractivity contribution < 1.29 is 19.7 Å². The lowest BCUT2D eigenvalue weighted by molar-refractivity contribution is -0.159. The first-order valence-corrected chi connectivity index (χ1v) is 5.82. The predicted molar refractivity (Wildman–Crippen MR) is 68.9 cm³/mol. The summed E-state index contributed by atoms with van der Waals surface area (Å²) in [4.78, 5) is 10.7. The van der Waals surface area contributed by atoms with Crippen LogP contribution in [0.15, 0.2) is 24.3 Å². The van der Waals surface area contributed by atoms with E-state index in [0.29, 0.717) is 5.75 Å². The standard InChI is InChI=1S/C14H20O4/c1-13(2,3)10-5-7-11(8-6-10)18-9-14(4,17)12(15)16/h5-8,17H,9H2,1-4H3,(H,15,16). The molecule has 1 aromatic rings. The molecule has 0 aromatic heterocycles. The number of benzene rings is 1. The van der Waals surface area contributed by atoms with E-state index in [1.165, 1.54) is 12.5 Å². The molecule has 0 aliphatic carbocycles. The van der Waals surface area contributed by atoms with Crippen LogP contribution in [0, 0.1) is 0 Å². The molecule has 1 unspecified atom stereocenters. The zero-order chi connectivity index (χ0) is 14.0. The van der Waals surface area contributed by atoms with E-state index >= 15 is 0 Å². The fourth-order valence-corrected chi connectivity index (χ4v) is 1.34. The summed E-state index contributed by atoms with van der Waals surface area (Å²) in [6.07, 6.45) is 0. The Morgan fingerprint density at radius 3 is 2.06 bits per heavy atom. The summed E-state index contributed by atoms with van der Waals surface area (Å²) in [6.45, 7) is 7.25. The number of carbonyl (C=O) groups is 1. The zero-order valence-electron chi connectivity index (χ0n) is 11.2. The molecule has 0 heterocycles. The van der Waals surface area contributed by atoms with Crippen LogP contribution < -0.4 is 4.74 Å². The monoisotopic (exact) mass is 252 g/mol. The van der Waals surface area contributed by atoms with E-state index in [9.17, 15) is 9.90 Å². The molecule has 1 rings (SSSR count). The van der Waals surface area contributed by atoms with Crippen molar-refractivity contribution >= 4 is 5.97 Å². The Bertz CT molecular complexity index is 412. The quantitative estimate of drug-likeness (QED) is 0.862. The number of rotatable bonds is 4. The average Bonchev–Trinajstić information content (AvgIpc) is 2.25. The van der Waals surface area contributed by atoms with Gasteiger partial charge < -0.3 is 14.9 Å². The Balaban J connectivity index is 2.68. The SMILES string of the molecule is CC(O)(COc1ccc(C(C)(C)C)cc1)C(=O)O. The van der Waals surface area contributed by atoms with Crippen LogP contribution in [0.2, 0.25) is 0 Å². The van der Waals surface area contributed by atoms with Gasteiger partial charge in [-0.2, -0.15) is 0 Å².